The number of methoxy groups -OCH3 is 2. The molecule has 25 heavy (non-hydrogen) atoms. The van der Waals surface area contributed by atoms with Crippen LogP contribution >= 0.6 is 0 Å². The van der Waals surface area contributed by atoms with Crippen molar-refractivity contribution in [2.45, 2.75) is 19.1 Å². The molecule has 1 heterocycles. The Kier molecular flexibility index (Phi) is 4.93. The highest BCUT2D eigenvalue weighted by molar-refractivity contribution is 5.86. The molecule has 1 aliphatic rings. The van der Waals surface area contributed by atoms with Gasteiger partial charge in [0.2, 0.25) is 0 Å². The maximum Gasteiger partial charge on any atom is 0.331 e. The summed E-state index contributed by atoms with van der Waals surface area (Å²) >= 11 is 0. The van der Waals surface area contributed by atoms with Crippen molar-refractivity contribution in [2.75, 3.05) is 19.5 Å². The molecule has 1 N–H and O–H groups in total. The third-order valence-electron chi connectivity index (χ3n) is 4.23. The molecule has 5 heteroatoms. The highest BCUT2D eigenvalue weighted by Gasteiger charge is 2.33. The Balaban J connectivity index is 1.96. The summed E-state index contributed by atoms with van der Waals surface area (Å²) in [5.74, 6) is 1.19. The standard InChI is InChI=1S/C20H21NO4/c1-13-12-18(22)25-20(13)19(14-8-10-15(23-2)11-9-14)21-16-6-4-5-7-17(16)24-3/h4-12,19-21H,1-3H3/t19-,20+/m0/s1. The van der Waals surface area contributed by atoms with Crippen LogP contribution < -0.4 is 14.8 Å². The molecule has 0 saturated carbocycles. The summed E-state index contributed by atoms with van der Waals surface area (Å²) in [4.78, 5) is 11.7. The van der Waals surface area contributed by atoms with Gasteiger partial charge in [0.1, 0.15) is 17.6 Å². The fraction of sp³-hybridized carbons (Fsp3) is 0.250. The number of carbonyl (C=O) groups excluding carboxylic acids is 1. The van der Waals surface area contributed by atoms with Crippen LogP contribution in [0.1, 0.15) is 18.5 Å². The van der Waals surface area contributed by atoms with Gasteiger partial charge >= 0.3 is 5.97 Å². The van der Waals surface area contributed by atoms with E-state index in [2.05, 4.69) is 5.32 Å². The van der Waals surface area contributed by atoms with Gasteiger partial charge in [-0.3, -0.25) is 0 Å². The van der Waals surface area contributed by atoms with E-state index < -0.39 is 0 Å². The van der Waals surface area contributed by atoms with E-state index in [1.807, 2.05) is 55.5 Å². The van der Waals surface area contributed by atoms with E-state index >= 15 is 0 Å². The number of nitrogens with one attached hydrogen (secondary N) is 1. The van der Waals surface area contributed by atoms with E-state index in [1.165, 1.54) is 6.08 Å². The van der Waals surface area contributed by atoms with Crippen LogP contribution in [-0.4, -0.2) is 26.3 Å². The lowest BCUT2D eigenvalue weighted by atomic mass is 9.96. The number of carbonyl (C=O) groups is 1. The van der Waals surface area contributed by atoms with Crippen molar-refractivity contribution >= 4 is 11.7 Å². The Hall–Kier alpha value is -2.95. The zero-order valence-corrected chi connectivity index (χ0v) is 14.5. The maximum atomic E-state index is 11.7. The third-order valence-corrected chi connectivity index (χ3v) is 4.23. The molecule has 0 unspecified atom stereocenters. The number of cyclic esters (lactones) is 1. The molecule has 0 aromatic heterocycles. The first-order valence-electron chi connectivity index (χ1n) is 8.04. The lowest BCUT2D eigenvalue weighted by Gasteiger charge is -2.27. The molecule has 0 aliphatic carbocycles. The third kappa shape index (κ3) is 3.60. The molecule has 0 amide bonds. The van der Waals surface area contributed by atoms with Crippen molar-refractivity contribution in [2.24, 2.45) is 0 Å². The molecule has 130 valence electrons. The largest absolute Gasteiger partial charge is 0.497 e. The molecule has 0 saturated heterocycles. The number of para-hydroxylation sites is 2. The SMILES string of the molecule is COc1ccc([C@H](Nc2ccccc2OC)[C@@H]2OC(=O)C=C2C)cc1. The first kappa shape index (κ1) is 16.9. The zero-order chi connectivity index (χ0) is 17.8. The molecule has 0 bridgehead atoms. The van der Waals surface area contributed by atoms with Crippen molar-refractivity contribution in [3.8, 4) is 11.5 Å². The van der Waals surface area contributed by atoms with Gasteiger partial charge in [-0.15, -0.1) is 0 Å². The molecule has 2 aromatic rings. The number of hydrogen-bond donors (Lipinski definition) is 1. The van der Waals surface area contributed by atoms with Gasteiger partial charge < -0.3 is 19.5 Å². The number of hydrogen-bond acceptors (Lipinski definition) is 5. The van der Waals surface area contributed by atoms with E-state index in [-0.39, 0.29) is 18.1 Å². The molecule has 0 radical (unpaired) electrons. The molecule has 5 nitrogen and oxygen atoms in total. The minimum absolute atomic E-state index is 0.245. The van der Waals surface area contributed by atoms with Gasteiger partial charge in [-0.05, 0) is 42.3 Å². The average molecular weight is 339 g/mol. The molecular formula is C20H21NO4. The summed E-state index contributed by atoms with van der Waals surface area (Å²) in [5, 5.41) is 3.46. The minimum Gasteiger partial charge on any atom is -0.497 e. The summed E-state index contributed by atoms with van der Waals surface area (Å²) in [6, 6.07) is 15.1. The fourth-order valence-corrected chi connectivity index (χ4v) is 2.93. The van der Waals surface area contributed by atoms with Crippen LogP contribution in [-0.2, 0) is 9.53 Å². The molecular weight excluding hydrogens is 318 g/mol. The average Bonchev–Trinajstić information content (AvgIpc) is 2.98. The van der Waals surface area contributed by atoms with Crippen molar-refractivity contribution in [1.82, 2.24) is 0 Å². The van der Waals surface area contributed by atoms with Crippen LogP contribution in [0.15, 0.2) is 60.2 Å². The summed E-state index contributed by atoms with van der Waals surface area (Å²) in [7, 11) is 3.26. The van der Waals surface area contributed by atoms with Gasteiger partial charge in [-0.1, -0.05) is 24.3 Å². The van der Waals surface area contributed by atoms with Crippen LogP contribution in [0, 0.1) is 0 Å². The van der Waals surface area contributed by atoms with Gasteiger partial charge in [-0.2, -0.15) is 0 Å². The highest BCUT2D eigenvalue weighted by atomic mass is 16.5. The van der Waals surface area contributed by atoms with Crippen molar-refractivity contribution in [3.05, 3.63) is 65.7 Å². The number of esters is 1. The molecule has 1 aliphatic heterocycles. The Morgan fingerprint density at radius 2 is 1.76 bits per heavy atom. The van der Waals surface area contributed by atoms with Gasteiger partial charge in [0.05, 0.1) is 25.9 Å². The highest BCUT2D eigenvalue weighted by Crippen LogP contribution is 2.35. The van der Waals surface area contributed by atoms with Gasteiger partial charge in [0, 0.05) is 6.08 Å². The first-order valence-corrected chi connectivity index (χ1v) is 8.04. The van der Waals surface area contributed by atoms with E-state index in [0.717, 1.165) is 28.3 Å². The second kappa shape index (κ2) is 7.30. The number of rotatable bonds is 6. The quantitative estimate of drug-likeness (QED) is 0.813. The van der Waals surface area contributed by atoms with Gasteiger partial charge in [0.15, 0.2) is 0 Å². The van der Waals surface area contributed by atoms with Crippen LogP contribution in [0.5, 0.6) is 11.5 Å². The van der Waals surface area contributed by atoms with Crippen LogP contribution in [0.2, 0.25) is 0 Å². The molecule has 2 atom stereocenters. The van der Waals surface area contributed by atoms with Crippen molar-refractivity contribution in [3.63, 3.8) is 0 Å². The van der Waals surface area contributed by atoms with Gasteiger partial charge in [-0.25, -0.2) is 4.79 Å². The van der Waals surface area contributed by atoms with E-state index in [1.54, 1.807) is 14.2 Å². The second-order valence-corrected chi connectivity index (χ2v) is 5.84. The number of benzene rings is 2. The Labute approximate surface area is 147 Å². The summed E-state index contributed by atoms with van der Waals surface area (Å²) in [5.41, 5.74) is 2.70. The van der Waals surface area contributed by atoms with Crippen LogP contribution in [0.25, 0.3) is 0 Å². The Bertz CT molecular complexity index is 783. The predicted molar refractivity (Wildman–Crippen MR) is 96.0 cm³/mol. The Morgan fingerprint density at radius 3 is 2.36 bits per heavy atom. The fourth-order valence-electron chi connectivity index (χ4n) is 2.93. The maximum absolute atomic E-state index is 11.7. The lowest BCUT2D eigenvalue weighted by molar-refractivity contribution is -0.139. The van der Waals surface area contributed by atoms with E-state index in [4.69, 9.17) is 14.2 Å². The summed E-state index contributed by atoms with van der Waals surface area (Å²) < 4.78 is 16.2. The molecule has 0 spiro atoms. The van der Waals surface area contributed by atoms with Crippen LogP contribution in [0.3, 0.4) is 0 Å². The minimum atomic E-state index is -0.384. The zero-order valence-electron chi connectivity index (χ0n) is 14.5. The van der Waals surface area contributed by atoms with Crippen molar-refractivity contribution in [1.29, 1.82) is 0 Å². The smallest absolute Gasteiger partial charge is 0.331 e. The monoisotopic (exact) mass is 339 g/mol. The topological polar surface area (TPSA) is 56.8 Å². The predicted octanol–water partition coefficient (Wildman–Crippen LogP) is 3.73. The van der Waals surface area contributed by atoms with Crippen LogP contribution in [0.4, 0.5) is 5.69 Å². The van der Waals surface area contributed by atoms with Gasteiger partial charge in [0.25, 0.3) is 0 Å². The lowest BCUT2D eigenvalue weighted by Crippen LogP contribution is -2.27. The molecule has 3 rings (SSSR count). The first-order chi connectivity index (χ1) is 12.1. The summed E-state index contributed by atoms with van der Waals surface area (Å²) in [6.07, 6.45) is 1.15. The van der Waals surface area contributed by atoms with E-state index in [0.29, 0.717) is 0 Å². The summed E-state index contributed by atoms with van der Waals surface area (Å²) in [6.45, 7) is 1.90. The Morgan fingerprint density at radius 1 is 1.04 bits per heavy atom. The van der Waals surface area contributed by atoms with Crippen molar-refractivity contribution < 1.29 is 19.0 Å². The molecule has 2 aromatic carbocycles. The van der Waals surface area contributed by atoms with E-state index in [9.17, 15) is 4.79 Å². The molecule has 0 fully saturated rings. The normalized spacial score (nSPS) is 17.5. The number of ether oxygens (including phenoxy) is 3. The number of anilines is 1. The second-order valence-electron chi connectivity index (χ2n) is 5.84.